The summed E-state index contributed by atoms with van der Waals surface area (Å²) in [6.07, 6.45) is 9.11. The van der Waals surface area contributed by atoms with Crippen LogP contribution >= 0.6 is 0 Å². The van der Waals surface area contributed by atoms with Crippen molar-refractivity contribution in [2.45, 2.75) is 65.7 Å². The summed E-state index contributed by atoms with van der Waals surface area (Å²) >= 11 is 0. The molecule has 0 atom stereocenters. The second kappa shape index (κ2) is 12.7. The van der Waals surface area contributed by atoms with Crippen LogP contribution in [0.1, 0.15) is 65.7 Å². The van der Waals surface area contributed by atoms with Crippen LogP contribution < -0.4 is 10.6 Å². The summed E-state index contributed by atoms with van der Waals surface area (Å²) in [5.41, 5.74) is 0. The molecule has 0 amide bonds. The monoisotopic (exact) mass is 310 g/mol. The molecule has 0 aromatic heterocycles. The lowest BCUT2D eigenvalue weighted by Gasteiger charge is -2.15. The quantitative estimate of drug-likeness (QED) is 0.350. The summed E-state index contributed by atoms with van der Waals surface area (Å²) < 4.78 is 0. The molecule has 1 fully saturated rings. The Kier molecular flexibility index (Phi) is 11.2. The van der Waals surface area contributed by atoms with Gasteiger partial charge in [0.2, 0.25) is 0 Å². The number of hydrogen-bond acceptors (Lipinski definition) is 2. The number of rotatable bonds is 11. The lowest BCUT2D eigenvalue weighted by Crippen LogP contribution is -2.38. The molecule has 22 heavy (non-hydrogen) atoms. The Balaban J connectivity index is 2.05. The molecule has 1 rings (SSSR count). The molecule has 0 radical (unpaired) electrons. The van der Waals surface area contributed by atoms with Gasteiger partial charge in [-0.15, -0.1) is 0 Å². The van der Waals surface area contributed by atoms with Crippen molar-refractivity contribution in [2.75, 3.05) is 39.3 Å². The van der Waals surface area contributed by atoms with Gasteiger partial charge in [-0.25, -0.2) is 0 Å². The van der Waals surface area contributed by atoms with E-state index < -0.39 is 0 Å². The van der Waals surface area contributed by atoms with Crippen molar-refractivity contribution in [3.8, 4) is 0 Å². The summed E-state index contributed by atoms with van der Waals surface area (Å²) in [6.45, 7) is 13.5. The molecule has 4 heteroatoms. The van der Waals surface area contributed by atoms with Crippen LogP contribution in [0.15, 0.2) is 4.99 Å². The molecule has 0 aromatic rings. The third-order valence-electron chi connectivity index (χ3n) is 4.20. The van der Waals surface area contributed by atoms with E-state index in [0.29, 0.717) is 0 Å². The van der Waals surface area contributed by atoms with E-state index in [-0.39, 0.29) is 0 Å². The minimum atomic E-state index is 0.811. The van der Waals surface area contributed by atoms with Crippen LogP contribution in [-0.4, -0.2) is 50.1 Å². The summed E-state index contributed by atoms with van der Waals surface area (Å²) in [7, 11) is 0. The van der Waals surface area contributed by atoms with Crippen LogP contribution in [0.5, 0.6) is 0 Å². The number of nitrogens with one attached hydrogen (secondary N) is 2. The Morgan fingerprint density at radius 2 is 1.82 bits per heavy atom. The molecule has 0 bridgehead atoms. The summed E-state index contributed by atoms with van der Waals surface area (Å²) in [4.78, 5) is 7.26. The third-order valence-corrected chi connectivity index (χ3v) is 4.20. The maximum Gasteiger partial charge on any atom is 0.191 e. The summed E-state index contributed by atoms with van der Waals surface area (Å²) in [5, 5.41) is 6.81. The van der Waals surface area contributed by atoms with E-state index in [0.717, 1.165) is 31.5 Å². The number of unbranched alkanes of at least 4 members (excludes halogenated alkanes) is 2. The lowest BCUT2D eigenvalue weighted by molar-refractivity contribution is 0.330. The van der Waals surface area contributed by atoms with Crippen molar-refractivity contribution in [1.29, 1.82) is 0 Å². The van der Waals surface area contributed by atoms with Gasteiger partial charge in [-0.3, -0.25) is 4.99 Å². The van der Waals surface area contributed by atoms with Gasteiger partial charge < -0.3 is 15.5 Å². The molecule has 130 valence electrons. The highest BCUT2D eigenvalue weighted by atomic mass is 15.2. The summed E-state index contributed by atoms with van der Waals surface area (Å²) in [5.74, 6) is 1.80. The number of aliphatic imine (C=N–C) groups is 1. The van der Waals surface area contributed by atoms with Gasteiger partial charge in [0, 0.05) is 19.6 Å². The molecule has 0 aromatic carbocycles. The largest absolute Gasteiger partial charge is 0.357 e. The molecular formula is C18H38N4. The maximum atomic E-state index is 4.67. The van der Waals surface area contributed by atoms with Crippen molar-refractivity contribution < 1.29 is 0 Å². The van der Waals surface area contributed by atoms with E-state index in [1.807, 2.05) is 0 Å². The van der Waals surface area contributed by atoms with Crippen molar-refractivity contribution in [3.05, 3.63) is 0 Å². The minimum Gasteiger partial charge on any atom is -0.357 e. The first kappa shape index (κ1) is 19.3. The van der Waals surface area contributed by atoms with Gasteiger partial charge in [-0.05, 0) is 64.6 Å². The standard InChI is InChI=1S/C18H38N4/c1-4-19-18(20-12-6-5-11-17(2)3)21-13-7-8-14-22-15-9-10-16-22/h17H,4-16H2,1-3H3,(H2,19,20,21). The molecule has 0 unspecified atom stereocenters. The van der Waals surface area contributed by atoms with E-state index in [2.05, 4.69) is 41.3 Å². The minimum absolute atomic E-state index is 0.811. The zero-order chi connectivity index (χ0) is 16.0. The van der Waals surface area contributed by atoms with Crippen LogP contribution in [0.3, 0.4) is 0 Å². The predicted octanol–water partition coefficient (Wildman–Crippen LogP) is 3.24. The van der Waals surface area contributed by atoms with Crippen molar-refractivity contribution >= 4 is 5.96 Å². The molecule has 1 aliphatic heterocycles. The first-order valence-electron chi connectivity index (χ1n) is 9.47. The highest BCUT2D eigenvalue weighted by molar-refractivity contribution is 5.79. The topological polar surface area (TPSA) is 39.7 Å². The van der Waals surface area contributed by atoms with Crippen LogP contribution in [-0.2, 0) is 0 Å². The first-order chi connectivity index (χ1) is 10.7. The third kappa shape index (κ3) is 10.0. The highest BCUT2D eigenvalue weighted by Gasteiger charge is 2.09. The molecule has 0 aliphatic carbocycles. The van der Waals surface area contributed by atoms with Gasteiger partial charge >= 0.3 is 0 Å². The van der Waals surface area contributed by atoms with Gasteiger partial charge in [0.1, 0.15) is 0 Å². The molecular weight excluding hydrogens is 272 g/mol. The Bertz CT molecular complexity index is 283. The number of hydrogen-bond donors (Lipinski definition) is 2. The van der Waals surface area contributed by atoms with Gasteiger partial charge in [0.15, 0.2) is 5.96 Å². The van der Waals surface area contributed by atoms with E-state index in [1.54, 1.807) is 0 Å². The molecule has 1 aliphatic rings. The average Bonchev–Trinajstić information content (AvgIpc) is 2.99. The maximum absolute atomic E-state index is 4.67. The second-order valence-corrected chi connectivity index (χ2v) is 6.83. The number of guanidine groups is 1. The van der Waals surface area contributed by atoms with Gasteiger partial charge in [0.05, 0.1) is 0 Å². The lowest BCUT2D eigenvalue weighted by atomic mass is 10.1. The Morgan fingerprint density at radius 3 is 2.50 bits per heavy atom. The smallest absolute Gasteiger partial charge is 0.191 e. The Labute approximate surface area is 138 Å². The van der Waals surface area contributed by atoms with Gasteiger partial charge in [-0.1, -0.05) is 26.7 Å². The average molecular weight is 311 g/mol. The fourth-order valence-electron chi connectivity index (χ4n) is 2.87. The predicted molar refractivity (Wildman–Crippen MR) is 97.6 cm³/mol. The van der Waals surface area contributed by atoms with Crippen LogP contribution in [0.4, 0.5) is 0 Å². The van der Waals surface area contributed by atoms with Crippen LogP contribution in [0, 0.1) is 5.92 Å². The Hall–Kier alpha value is -0.770. The first-order valence-corrected chi connectivity index (χ1v) is 9.47. The fraction of sp³-hybridized carbons (Fsp3) is 0.944. The van der Waals surface area contributed by atoms with Gasteiger partial charge in [-0.2, -0.15) is 0 Å². The van der Waals surface area contributed by atoms with E-state index in [1.165, 1.54) is 64.6 Å². The SMILES string of the molecule is CCNC(=NCCCCC(C)C)NCCCCN1CCCC1. The van der Waals surface area contributed by atoms with Crippen LogP contribution in [0.25, 0.3) is 0 Å². The molecule has 1 saturated heterocycles. The molecule has 4 nitrogen and oxygen atoms in total. The van der Waals surface area contributed by atoms with Crippen LogP contribution in [0.2, 0.25) is 0 Å². The zero-order valence-electron chi connectivity index (χ0n) is 15.2. The van der Waals surface area contributed by atoms with Crippen molar-refractivity contribution in [3.63, 3.8) is 0 Å². The molecule has 2 N–H and O–H groups in total. The Morgan fingerprint density at radius 1 is 1.05 bits per heavy atom. The number of likely N-dealkylation sites (tertiary alicyclic amines) is 1. The van der Waals surface area contributed by atoms with Crippen molar-refractivity contribution in [2.24, 2.45) is 10.9 Å². The fourth-order valence-corrected chi connectivity index (χ4v) is 2.87. The van der Waals surface area contributed by atoms with E-state index in [9.17, 15) is 0 Å². The van der Waals surface area contributed by atoms with E-state index in [4.69, 9.17) is 0 Å². The zero-order valence-corrected chi connectivity index (χ0v) is 15.2. The molecule has 0 spiro atoms. The normalized spacial score (nSPS) is 16.5. The second-order valence-electron chi connectivity index (χ2n) is 6.83. The van der Waals surface area contributed by atoms with Crippen molar-refractivity contribution in [1.82, 2.24) is 15.5 Å². The van der Waals surface area contributed by atoms with Gasteiger partial charge in [0.25, 0.3) is 0 Å². The summed E-state index contributed by atoms with van der Waals surface area (Å²) in [6, 6.07) is 0. The van der Waals surface area contributed by atoms with E-state index >= 15 is 0 Å². The highest BCUT2D eigenvalue weighted by Crippen LogP contribution is 2.08. The molecule has 1 heterocycles. The molecule has 0 saturated carbocycles. The number of nitrogens with zero attached hydrogens (tertiary/aromatic N) is 2.